The van der Waals surface area contributed by atoms with E-state index in [2.05, 4.69) is 36.9 Å². The van der Waals surface area contributed by atoms with Crippen molar-refractivity contribution in [2.45, 2.75) is 156 Å². The highest BCUT2D eigenvalue weighted by molar-refractivity contribution is 5.97. The van der Waals surface area contributed by atoms with Crippen LogP contribution in [0.2, 0.25) is 0 Å². The molecular formula is C38H73N11O8. The summed E-state index contributed by atoms with van der Waals surface area (Å²) < 4.78 is 0. The smallest absolute Gasteiger partial charge is 0.326 e. The average molecular weight is 812 g/mol. The molecular weight excluding hydrogens is 738 g/mol. The number of aliphatic imine (C=N–C) groups is 1. The van der Waals surface area contributed by atoms with Gasteiger partial charge in [-0.25, -0.2) is 4.79 Å². The van der Waals surface area contributed by atoms with Crippen LogP contribution in [0.3, 0.4) is 0 Å². The van der Waals surface area contributed by atoms with E-state index in [1.807, 2.05) is 41.5 Å². The van der Waals surface area contributed by atoms with Gasteiger partial charge in [0, 0.05) is 6.54 Å². The Morgan fingerprint density at radius 2 is 1.00 bits per heavy atom. The molecule has 0 fully saturated rings. The summed E-state index contributed by atoms with van der Waals surface area (Å²) in [4.78, 5) is 96.2. The topological polar surface area (TPSA) is 328 Å². The number of carboxylic acid groups (broad SMARTS) is 1. The van der Waals surface area contributed by atoms with Gasteiger partial charge in [0.05, 0.1) is 6.04 Å². The summed E-state index contributed by atoms with van der Waals surface area (Å²) in [6.45, 7) is 16.6. The Kier molecular flexibility index (Phi) is 25.0. The zero-order valence-electron chi connectivity index (χ0n) is 35.5. The van der Waals surface area contributed by atoms with Crippen molar-refractivity contribution in [1.29, 1.82) is 0 Å². The van der Waals surface area contributed by atoms with E-state index >= 15 is 0 Å². The van der Waals surface area contributed by atoms with Crippen LogP contribution in [0.5, 0.6) is 0 Å². The van der Waals surface area contributed by atoms with Crippen LogP contribution in [0.1, 0.15) is 114 Å². The molecule has 57 heavy (non-hydrogen) atoms. The van der Waals surface area contributed by atoms with Crippen molar-refractivity contribution in [3.05, 3.63) is 0 Å². The first kappa shape index (κ1) is 52.5. The van der Waals surface area contributed by atoms with Crippen molar-refractivity contribution < 1.29 is 38.7 Å². The van der Waals surface area contributed by atoms with Gasteiger partial charge in [0.1, 0.15) is 36.3 Å². The average Bonchev–Trinajstić information content (AvgIpc) is 3.09. The maximum absolute atomic E-state index is 13.7. The highest BCUT2D eigenvalue weighted by atomic mass is 16.4. The highest BCUT2D eigenvalue weighted by Gasteiger charge is 2.34. The van der Waals surface area contributed by atoms with E-state index in [1.54, 1.807) is 13.8 Å². The third-order valence-electron chi connectivity index (χ3n) is 8.89. The molecule has 6 amide bonds. The molecule has 19 nitrogen and oxygen atoms in total. The van der Waals surface area contributed by atoms with E-state index in [0.717, 1.165) is 0 Å². The second kappa shape index (κ2) is 27.2. The number of guanidine groups is 1. The van der Waals surface area contributed by atoms with Crippen LogP contribution in [0.15, 0.2) is 4.99 Å². The molecule has 0 bridgehead atoms. The van der Waals surface area contributed by atoms with Gasteiger partial charge in [-0.1, -0.05) is 61.8 Å². The summed E-state index contributed by atoms with van der Waals surface area (Å²) in [6, 6.07) is -7.57. The van der Waals surface area contributed by atoms with Gasteiger partial charge in [-0.05, 0) is 82.1 Å². The Hall–Kier alpha value is -4.52. The molecule has 0 aromatic carbocycles. The molecule has 19 heteroatoms. The molecule has 7 atom stereocenters. The van der Waals surface area contributed by atoms with Crippen LogP contribution in [0, 0.1) is 23.7 Å². The van der Waals surface area contributed by atoms with Gasteiger partial charge in [0.25, 0.3) is 0 Å². The number of amides is 6. The van der Waals surface area contributed by atoms with E-state index in [0.29, 0.717) is 25.8 Å². The Labute approximate surface area is 338 Å². The monoisotopic (exact) mass is 812 g/mol. The molecule has 0 aromatic heterocycles. The number of carbonyl (C=O) groups is 7. The summed E-state index contributed by atoms with van der Waals surface area (Å²) in [6.07, 6.45) is 2.63. The molecule has 0 aromatic rings. The predicted molar refractivity (Wildman–Crippen MR) is 219 cm³/mol. The number of nitrogens with two attached hydrogens (primary N) is 4. The first-order valence-electron chi connectivity index (χ1n) is 20.1. The van der Waals surface area contributed by atoms with Crippen LogP contribution >= 0.6 is 0 Å². The molecule has 0 aliphatic carbocycles. The lowest BCUT2D eigenvalue weighted by atomic mass is 9.99. The van der Waals surface area contributed by atoms with Gasteiger partial charge in [-0.15, -0.1) is 0 Å². The Balaban J connectivity index is 6.01. The molecule has 0 saturated carbocycles. The van der Waals surface area contributed by atoms with Crippen molar-refractivity contribution in [2.24, 2.45) is 51.6 Å². The fraction of sp³-hybridized carbons (Fsp3) is 0.789. The van der Waals surface area contributed by atoms with Crippen molar-refractivity contribution in [3.8, 4) is 0 Å². The second-order valence-corrected chi connectivity index (χ2v) is 16.3. The van der Waals surface area contributed by atoms with Gasteiger partial charge >= 0.3 is 5.97 Å². The lowest BCUT2D eigenvalue weighted by Gasteiger charge is -2.28. The number of rotatable bonds is 28. The fourth-order valence-electron chi connectivity index (χ4n) is 5.79. The normalized spacial score (nSPS) is 15.1. The zero-order chi connectivity index (χ0) is 44.0. The number of hydrogen-bond acceptors (Lipinski definition) is 10. The molecule has 0 saturated heterocycles. The number of unbranched alkanes of at least 4 members (excludes halogenated alkanes) is 1. The Morgan fingerprint density at radius 1 is 0.544 bits per heavy atom. The van der Waals surface area contributed by atoms with E-state index in [-0.39, 0.29) is 68.3 Å². The third kappa shape index (κ3) is 22.1. The molecule has 15 N–H and O–H groups in total. The maximum Gasteiger partial charge on any atom is 0.326 e. The van der Waals surface area contributed by atoms with Crippen LogP contribution in [-0.2, 0) is 33.6 Å². The second-order valence-electron chi connectivity index (χ2n) is 16.3. The van der Waals surface area contributed by atoms with E-state index in [4.69, 9.17) is 22.9 Å². The minimum Gasteiger partial charge on any atom is -0.480 e. The number of aliphatic carboxylic acids is 1. The molecule has 0 spiro atoms. The summed E-state index contributed by atoms with van der Waals surface area (Å²) in [5, 5.41) is 25.6. The summed E-state index contributed by atoms with van der Waals surface area (Å²) >= 11 is 0. The highest BCUT2D eigenvalue weighted by Crippen LogP contribution is 2.12. The van der Waals surface area contributed by atoms with E-state index in [9.17, 15) is 38.7 Å². The van der Waals surface area contributed by atoms with Crippen molar-refractivity contribution >= 4 is 47.4 Å². The molecule has 0 aliphatic heterocycles. The van der Waals surface area contributed by atoms with Gasteiger partial charge in [-0.3, -0.25) is 33.8 Å². The third-order valence-corrected chi connectivity index (χ3v) is 8.89. The van der Waals surface area contributed by atoms with Gasteiger partial charge < -0.3 is 59.9 Å². The van der Waals surface area contributed by atoms with Crippen molar-refractivity contribution in [1.82, 2.24) is 31.9 Å². The quantitative estimate of drug-likeness (QED) is 0.0266. The molecule has 0 heterocycles. The van der Waals surface area contributed by atoms with Crippen LogP contribution in [0.4, 0.5) is 0 Å². The SMILES string of the molecule is CC(C)C[C@H](NC(=O)[C@H](CCCN=C(N)N)NC(=O)[C@H](CC(C)C)NC(=O)[C@H](C)NC(=O)[C@H](CC(C)C)NC(=O)[C@@H](NC(=O)[C@@H](N)CCCCN)C(C)C)C(=O)O. The zero-order valence-corrected chi connectivity index (χ0v) is 35.5. The predicted octanol–water partition coefficient (Wildman–Crippen LogP) is -0.696. The standard InChI is InChI=1S/C38H73N11O8/c1-20(2)17-27(47-36(55)30(23(7)8)49-32(51)25(40)13-10-11-15-39)34(53)44-24(9)31(50)46-28(18-21(3)4)35(54)45-26(14-12-16-43-38(41)42)33(52)48-29(37(56)57)19-22(5)6/h20-30H,10-19,39-40H2,1-9H3,(H,44,53)(H,45,54)(H,46,50)(H,47,55)(H,48,52)(H,49,51)(H,56,57)(H4,41,42,43)/t24-,25-,26-,27-,28-,29-,30-/m0/s1. The minimum atomic E-state index is -1.22. The maximum atomic E-state index is 13.7. The first-order chi connectivity index (χ1) is 26.5. The lowest BCUT2D eigenvalue weighted by Crippen LogP contribution is -2.60. The number of nitrogens with one attached hydrogen (secondary N) is 6. The fourth-order valence-corrected chi connectivity index (χ4v) is 5.79. The number of carboxylic acids is 1. The van der Waals surface area contributed by atoms with E-state index < -0.39 is 83.7 Å². The van der Waals surface area contributed by atoms with Gasteiger partial charge in [-0.2, -0.15) is 0 Å². The minimum absolute atomic E-state index is 0.0443. The van der Waals surface area contributed by atoms with E-state index in [1.165, 1.54) is 6.92 Å². The van der Waals surface area contributed by atoms with Crippen LogP contribution < -0.4 is 54.8 Å². The largest absolute Gasteiger partial charge is 0.480 e. The molecule has 0 radical (unpaired) electrons. The van der Waals surface area contributed by atoms with Gasteiger partial charge in [0.15, 0.2) is 5.96 Å². The number of carbonyl (C=O) groups excluding carboxylic acids is 6. The molecule has 0 aliphatic rings. The molecule has 0 rings (SSSR count). The molecule has 328 valence electrons. The van der Waals surface area contributed by atoms with Crippen LogP contribution in [0.25, 0.3) is 0 Å². The number of nitrogens with zero attached hydrogens (tertiary/aromatic N) is 1. The Bertz CT molecular complexity index is 1340. The first-order valence-corrected chi connectivity index (χ1v) is 20.1. The summed E-state index contributed by atoms with van der Waals surface area (Å²) in [5.74, 6) is -5.76. The summed E-state index contributed by atoms with van der Waals surface area (Å²) in [7, 11) is 0. The number of hydrogen-bond donors (Lipinski definition) is 11. The lowest BCUT2D eigenvalue weighted by molar-refractivity contribution is -0.143. The van der Waals surface area contributed by atoms with Crippen molar-refractivity contribution in [2.75, 3.05) is 13.1 Å². The van der Waals surface area contributed by atoms with Crippen LogP contribution in [-0.4, -0.2) is 108 Å². The Morgan fingerprint density at radius 3 is 1.47 bits per heavy atom. The summed E-state index contributed by atoms with van der Waals surface area (Å²) in [5.41, 5.74) is 22.4. The van der Waals surface area contributed by atoms with Crippen molar-refractivity contribution in [3.63, 3.8) is 0 Å². The van der Waals surface area contributed by atoms with Gasteiger partial charge in [0.2, 0.25) is 35.4 Å². The molecule has 0 unspecified atom stereocenters.